The van der Waals surface area contributed by atoms with Gasteiger partial charge in [0.05, 0.1) is 31.4 Å². The van der Waals surface area contributed by atoms with Crippen molar-refractivity contribution in [2.24, 2.45) is 0 Å². The maximum absolute atomic E-state index is 14.3. The van der Waals surface area contributed by atoms with Gasteiger partial charge in [-0.1, -0.05) is 42.5 Å². The van der Waals surface area contributed by atoms with Crippen LogP contribution in [0.2, 0.25) is 0 Å². The number of carbonyl (C=O) groups excluding carboxylic acids is 2. The Morgan fingerprint density at radius 2 is 1.61 bits per heavy atom. The second kappa shape index (κ2) is 11.2. The molecule has 2 aliphatic heterocycles. The maximum Gasteiger partial charge on any atom is 0.254 e. The number of hydrogen-bond donors (Lipinski definition) is 0. The summed E-state index contributed by atoms with van der Waals surface area (Å²) in [5.74, 6) is -0.380. The number of methoxy groups -OCH3 is 2. The van der Waals surface area contributed by atoms with Crippen molar-refractivity contribution in [3.63, 3.8) is 0 Å². The molecule has 2 heterocycles. The molecular formula is C30H32FN3O4. The van der Waals surface area contributed by atoms with Crippen LogP contribution < -0.4 is 9.64 Å². The lowest BCUT2D eigenvalue weighted by Crippen LogP contribution is -2.53. The summed E-state index contributed by atoms with van der Waals surface area (Å²) in [6.07, 6.45) is 0. The first-order valence-corrected chi connectivity index (χ1v) is 12.8. The molecule has 7 nitrogen and oxygen atoms in total. The van der Waals surface area contributed by atoms with Crippen molar-refractivity contribution in [3.8, 4) is 5.75 Å². The van der Waals surface area contributed by atoms with Crippen LogP contribution in [0.1, 0.15) is 33.4 Å². The van der Waals surface area contributed by atoms with Crippen LogP contribution in [0.4, 0.5) is 10.1 Å². The van der Waals surface area contributed by atoms with Gasteiger partial charge in [0.2, 0.25) is 5.91 Å². The lowest BCUT2D eigenvalue weighted by Gasteiger charge is -2.44. The first-order valence-electron chi connectivity index (χ1n) is 12.8. The summed E-state index contributed by atoms with van der Waals surface area (Å²) in [5.41, 5.74) is 2.95. The summed E-state index contributed by atoms with van der Waals surface area (Å²) in [5, 5.41) is 0. The second-order valence-electron chi connectivity index (χ2n) is 9.54. The number of piperazine rings is 1. The number of fused-ring (bicyclic) bond motifs is 1. The molecule has 0 N–H and O–H groups in total. The van der Waals surface area contributed by atoms with Gasteiger partial charge < -0.3 is 24.2 Å². The van der Waals surface area contributed by atoms with Crippen LogP contribution in [-0.4, -0.2) is 75.2 Å². The molecule has 3 aromatic rings. The van der Waals surface area contributed by atoms with Gasteiger partial charge in [-0.2, -0.15) is 0 Å². The Balaban J connectivity index is 1.48. The molecule has 0 aromatic heterocycles. The molecule has 0 bridgehead atoms. The van der Waals surface area contributed by atoms with Gasteiger partial charge in [-0.15, -0.1) is 0 Å². The first kappa shape index (κ1) is 25.7. The van der Waals surface area contributed by atoms with Crippen molar-refractivity contribution in [2.45, 2.75) is 12.0 Å². The van der Waals surface area contributed by atoms with Crippen molar-refractivity contribution in [1.82, 2.24) is 9.80 Å². The van der Waals surface area contributed by atoms with E-state index < -0.39 is 12.0 Å². The minimum Gasteiger partial charge on any atom is -0.495 e. The Morgan fingerprint density at radius 3 is 2.32 bits per heavy atom. The van der Waals surface area contributed by atoms with E-state index in [1.165, 1.54) is 12.1 Å². The Kier molecular flexibility index (Phi) is 7.60. The highest BCUT2D eigenvalue weighted by molar-refractivity contribution is 6.01. The predicted octanol–water partition coefficient (Wildman–Crippen LogP) is 4.11. The minimum atomic E-state index is -0.621. The van der Waals surface area contributed by atoms with Gasteiger partial charge in [0.25, 0.3) is 5.91 Å². The van der Waals surface area contributed by atoms with Crippen LogP contribution in [0.5, 0.6) is 5.75 Å². The summed E-state index contributed by atoms with van der Waals surface area (Å²) in [6.45, 7) is 3.04. The Labute approximate surface area is 222 Å². The largest absolute Gasteiger partial charge is 0.495 e. The summed E-state index contributed by atoms with van der Waals surface area (Å²) >= 11 is 0. The standard InChI is InChI=1S/C30H32FN3O4/c1-37-20-19-34-28(21-11-13-22(31)14-12-21)27(23-7-3-4-8-24(23)29(34)35)30(36)33-17-15-32(16-18-33)25-9-5-6-10-26(25)38-2/h3-14,27-28H,15-20H2,1-2H3/t27-,28+/m0/s1. The van der Waals surface area contributed by atoms with Gasteiger partial charge >= 0.3 is 0 Å². The van der Waals surface area contributed by atoms with Crippen LogP contribution in [0, 0.1) is 5.82 Å². The number of nitrogens with zero attached hydrogens (tertiary/aromatic N) is 3. The van der Waals surface area contributed by atoms with Crippen LogP contribution in [0.3, 0.4) is 0 Å². The first-order chi connectivity index (χ1) is 18.5. The van der Waals surface area contributed by atoms with Crippen molar-refractivity contribution in [1.29, 1.82) is 0 Å². The number of benzene rings is 3. The van der Waals surface area contributed by atoms with E-state index in [1.54, 1.807) is 37.3 Å². The zero-order valence-electron chi connectivity index (χ0n) is 21.7. The van der Waals surface area contributed by atoms with Gasteiger partial charge in [0, 0.05) is 45.4 Å². The number of carbonyl (C=O) groups is 2. The lowest BCUT2D eigenvalue weighted by atomic mass is 9.78. The zero-order chi connectivity index (χ0) is 26.6. The average molecular weight is 518 g/mol. The van der Waals surface area contributed by atoms with Gasteiger partial charge in [0.15, 0.2) is 0 Å². The number of ether oxygens (including phenoxy) is 2. The van der Waals surface area contributed by atoms with Crippen LogP contribution in [-0.2, 0) is 9.53 Å². The Bertz CT molecular complexity index is 1290. The summed E-state index contributed by atoms with van der Waals surface area (Å²) < 4.78 is 24.7. The van der Waals surface area contributed by atoms with Crippen molar-refractivity contribution < 1.29 is 23.5 Å². The zero-order valence-corrected chi connectivity index (χ0v) is 21.7. The molecule has 0 spiro atoms. The number of amides is 2. The highest BCUT2D eigenvalue weighted by atomic mass is 19.1. The van der Waals surface area contributed by atoms with E-state index >= 15 is 0 Å². The number of hydrogen-bond acceptors (Lipinski definition) is 5. The van der Waals surface area contributed by atoms with E-state index in [9.17, 15) is 14.0 Å². The van der Waals surface area contributed by atoms with E-state index in [-0.39, 0.29) is 17.6 Å². The molecule has 2 aliphatic rings. The Hall–Kier alpha value is -3.91. The number of para-hydroxylation sites is 2. The van der Waals surface area contributed by atoms with Gasteiger partial charge in [0.1, 0.15) is 11.6 Å². The maximum atomic E-state index is 14.3. The molecule has 2 atom stereocenters. The van der Waals surface area contributed by atoms with Gasteiger partial charge in [-0.05, 0) is 41.5 Å². The normalized spacial score (nSPS) is 19.3. The predicted molar refractivity (Wildman–Crippen MR) is 143 cm³/mol. The minimum absolute atomic E-state index is 0.0404. The third-order valence-corrected chi connectivity index (χ3v) is 7.47. The quantitative estimate of drug-likeness (QED) is 0.472. The van der Waals surface area contributed by atoms with Crippen molar-refractivity contribution >= 4 is 17.5 Å². The fourth-order valence-electron chi connectivity index (χ4n) is 5.58. The molecule has 3 aromatic carbocycles. The van der Waals surface area contributed by atoms with Crippen LogP contribution >= 0.6 is 0 Å². The van der Waals surface area contributed by atoms with E-state index in [0.29, 0.717) is 50.5 Å². The molecule has 0 aliphatic carbocycles. The van der Waals surface area contributed by atoms with Crippen LogP contribution in [0.25, 0.3) is 0 Å². The van der Waals surface area contributed by atoms with E-state index in [2.05, 4.69) is 4.90 Å². The monoisotopic (exact) mass is 517 g/mol. The molecule has 0 unspecified atom stereocenters. The molecule has 5 rings (SSSR count). The molecule has 198 valence electrons. The molecule has 0 radical (unpaired) electrons. The van der Waals surface area contributed by atoms with Crippen molar-refractivity contribution in [3.05, 3.63) is 95.3 Å². The number of rotatable bonds is 7. The smallest absolute Gasteiger partial charge is 0.254 e. The average Bonchev–Trinajstić information content (AvgIpc) is 2.97. The fraction of sp³-hybridized carbons (Fsp3) is 0.333. The molecule has 2 amide bonds. The number of halogens is 1. The highest BCUT2D eigenvalue weighted by Crippen LogP contribution is 2.44. The summed E-state index contributed by atoms with van der Waals surface area (Å²) in [4.78, 5) is 33.7. The number of anilines is 1. The van der Waals surface area contributed by atoms with E-state index in [4.69, 9.17) is 9.47 Å². The topological polar surface area (TPSA) is 62.3 Å². The summed E-state index contributed by atoms with van der Waals surface area (Å²) in [7, 11) is 3.24. The summed E-state index contributed by atoms with van der Waals surface area (Å²) in [6, 6.07) is 20.7. The molecule has 1 fully saturated rings. The molecule has 8 heteroatoms. The van der Waals surface area contributed by atoms with Crippen molar-refractivity contribution in [2.75, 3.05) is 58.5 Å². The highest BCUT2D eigenvalue weighted by Gasteiger charge is 2.45. The molecule has 1 saturated heterocycles. The molecule has 0 saturated carbocycles. The van der Waals surface area contributed by atoms with Crippen LogP contribution in [0.15, 0.2) is 72.8 Å². The Morgan fingerprint density at radius 1 is 0.921 bits per heavy atom. The van der Waals surface area contributed by atoms with Gasteiger partial charge in [-0.25, -0.2) is 4.39 Å². The third kappa shape index (κ3) is 4.84. The molecular weight excluding hydrogens is 485 g/mol. The van der Waals surface area contributed by atoms with E-state index in [0.717, 1.165) is 17.0 Å². The van der Waals surface area contributed by atoms with E-state index in [1.807, 2.05) is 47.4 Å². The molecule has 38 heavy (non-hydrogen) atoms. The lowest BCUT2D eigenvalue weighted by molar-refractivity contribution is -0.135. The second-order valence-corrected chi connectivity index (χ2v) is 9.54. The van der Waals surface area contributed by atoms with Gasteiger partial charge in [-0.3, -0.25) is 9.59 Å². The fourth-order valence-corrected chi connectivity index (χ4v) is 5.58. The SMILES string of the molecule is COCCN1C(=O)c2ccccc2[C@H](C(=O)N2CCN(c3ccccc3OC)CC2)[C@H]1c1ccc(F)cc1. The third-order valence-electron chi connectivity index (χ3n) is 7.47.